The molecule has 0 aliphatic heterocycles. The van der Waals surface area contributed by atoms with Gasteiger partial charge in [-0.25, -0.2) is 4.79 Å². The summed E-state index contributed by atoms with van der Waals surface area (Å²) in [5.74, 6) is 0.0492. The Labute approximate surface area is 116 Å². The summed E-state index contributed by atoms with van der Waals surface area (Å²) in [5.41, 5.74) is -0.293. The van der Waals surface area contributed by atoms with Gasteiger partial charge >= 0.3 is 6.09 Å². The number of amides is 1. The molecule has 0 saturated heterocycles. The van der Waals surface area contributed by atoms with E-state index in [1.54, 1.807) is 0 Å². The van der Waals surface area contributed by atoms with Gasteiger partial charge in [0.05, 0.1) is 6.04 Å². The third-order valence-electron chi connectivity index (χ3n) is 3.62. The Kier molecular flexibility index (Phi) is 5.83. The number of nitrogens with one attached hydrogen (secondary N) is 1. The summed E-state index contributed by atoms with van der Waals surface area (Å²) in [6, 6.07) is -0.478. The molecular weight excluding hydrogens is 242 g/mol. The predicted molar refractivity (Wildman–Crippen MR) is 75.0 cm³/mol. The van der Waals surface area contributed by atoms with Crippen molar-refractivity contribution in [3.8, 4) is 0 Å². The maximum atomic E-state index is 11.9. The number of Topliss-reactive ketones (excluding diaryl/α,β-unsaturated/α-hetero) is 1. The molecular formula is C15H27NO3. The number of carbonyl (C=O) groups excluding carboxylic acids is 2. The highest BCUT2D eigenvalue weighted by molar-refractivity contribution is 5.87. The zero-order valence-corrected chi connectivity index (χ0v) is 12.6. The SMILES string of the molecule is CCC(=O)[C@@H](NC(=O)OC1CCCCC1)C(C)(C)C. The average Bonchev–Trinajstić information content (AvgIpc) is 2.35. The molecule has 1 aliphatic rings. The zero-order valence-electron chi connectivity index (χ0n) is 12.6. The lowest BCUT2D eigenvalue weighted by atomic mass is 9.83. The van der Waals surface area contributed by atoms with Gasteiger partial charge in [0.25, 0.3) is 0 Å². The number of rotatable bonds is 4. The van der Waals surface area contributed by atoms with Crippen molar-refractivity contribution in [2.75, 3.05) is 0 Å². The number of hydrogen-bond donors (Lipinski definition) is 1. The highest BCUT2D eigenvalue weighted by Gasteiger charge is 2.32. The van der Waals surface area contributed by atoms with E-state index >= 15 is 0 Å². The monoisotopic (exact) mass is 269 g/mol. The summed E-state index contributed by atoms with van der Waals surface area (Å²) in [6.07, 6.45) is 5.33. The molecule has 19 heavy (non-hydrogen) atoms. The van der Waals surface area contributed by atoms with Crippen molar-refractivity contribution in [1.29, 1.82) is 0 Å². The molecule has 4 heteroatoms. The summed E-state index contributed by atoms with van der Waals surface area (Å²) < 4.78 is 5.41. The van der Waals surface area contributed by atoms with Gasteiger partial charge in [0.1, 0.15) is 6.10 Å². The third kappa shape index (κ3) is 5.21. The average molecular weight is 269 g/mol. The molecule has 0 heterocycles. The largest absolute Gasteiger partial charge is 0.446 e. The van der Waals surface area contributed by atoms with Crippen molar-refractivity contribution in [3.63, 3.8) is 0 Å². The molecule has 110 valence electrons. The molecule has 1 aliphatic carbocycles. The van der Waals surface area contributed by atoms with E-state index in [1.807, 2.05) is 27.7 Å². The Bertz CT molecular complexity index is 314. The van der Waals surface area contributed by atoms with Crippen molar-refractivity contribution in [2.24, 2.45) is 5.41 Å². The van der Waals surface area contributed by atoms with E-state index in [2.05, 4.69) is 5.32 Å². The number of ketones is 1. The molecule has 1 rings (SSSR count). The lowest BCUT2D eigenvalue weighted by Gasteiger charge is -2.31. The lowest BCUT2D eigenvalue weighted by molar-refractivity contribution is -0.123. The second-order valence-electron chi connectivity index (χ2n) is 6.43. The minimum Gasteiger partial charge on any atom is -0.446 e. The minimum absolute atomic E-state index is 0.0195. The van der Waals surface area contributed by atoms with E-state index in [1.165, 1.54) is 6.42 Å². The van der Waals surface area contributed by atoms with Crippen molar-refractivity contribution in [2.45, 2.75) is 78.4 Å². The maximum absolute atomic E-state index is 11.9. The van der Waals surface area contributed by atoms with Crippen molar-refractivity contribution < 1.29 is 14.3 Å². The fourth-order valence-electron chi connectivity index (χ4n) is 2.47. The van der Waals surface area contributed by atoms with Crippen LogP contribution in [0, 0.1) is 5.41 Å². The Morgan fingerprint density at radius 3 is 2.26 bits per heavy atom. The van der Waals surface area contributed by atoms with Gasteiger partial charge in [0.2, 0.25) is 0 Å². The summed E-state index contributed by atoms with van der Waals surface area (Å²) >= 11 is 0. The number of alkyl carbamates (subject to hydrolysis) is 1. The van der Waals surface area contributed by atoms with Crippen LogP contribution in [0.2, 0.25) is 0 Å². The second kappa shape index (κ2) is 6.92. The van der Waals surface area contributed by atoms with Crippen LogP contribution in [0.15, 0.2) is 0 Å². The molecule has 0 aromatic carbocycles. The van der Waals surface area contributed by atoms with Crippen molar-refractivity contribution in [3.05, 3.63) is 0 Å². The van der Waals surface area contributed by atoms with Crippen LogP contribution in [-0.2, 0) is 9.53 Å². The fraction of sp³-hybridized carbons (Fsp3) is 0.867. The van der Waals surface area contributed by atoms with Crippen LogP contribution in [0.3, 0.4) is 0 Å². The third-order valence-corrected chi connectivity index (χ3v) is 3.62. The summed E-state index contributed by atoms with van der Waals surface area (Å²) in [6.45, 7) is 7.67. The zero-order chi connectivity index (χ0) is 14.5. The fourth-order valence-corrected chi connectivity index (χ4v) is 2.47. The first kappa shape index (κ1) is 16.0. The molecule has 0 aromatic heterocycles. The molecule has 0 unspecified atom stereocenters. The van der Waals surface area contributed by atoms with Gasteiger partial charge in [-0.2, -0.15) is 0 Å². The predicted octanol–water partition coefficient (Wildman–Crippen LogP) is 3.44. The van der Waals surface area contributed by atoms with Gasteiger partial charge in [-0.3, -0.25) is 4.79 Å². The van der Waals surface area contributed by atoms with Crippen LogP contribution in [0.5, 0.6) is 0 Å². The van der Waals surface area contributed by atoms with E-state index in [0.717, 1.165) is 25.7 Å². The highest BCUT2D eigenvalue weighted by Crippen LogP contribution is 2.23. The Morgan fingerprint density at radius 2 is 1.79 bits per heavy atom. The van der Waals surface area contributed by atoms with Gasteiger partial charge in [0, 0.05) is 6.42 Å². The van der Waals surface area contributed by atoms with E-state index in [0.29, 0.717) is 6.42 Å². The molecule has 1 atom stereocenters. The highest BCUT2D eigenvalue weighted by atomic mass is 16.6. The van der Waals surface area contributed by atoms with E-state index < -0.39 is 12.1 Å². The molecule has 1 N–H and O–H groups in total. The molecule has 1 amide bonds. The first-order valence-corrected chi connectivity index (χ1v) is 7.34. The van der Waals surface area contributed by atoms with Crippen LogP contribution in [0.4, 0.5) is 4.79 Å². The lowest BCUT2D eigenvalue weighted by Crippen LogP contribution is -2.49. The number of ether oxygens (including phenoxy) is 1. The standard InChI is InChI=1S/C15H27NO3/c1-5-12(17)13(15(2,3)4)16-14(18)19-11-9-7-6-8-10-11/h11,13H,5-10H2,1-4H3,(H,16,18)/t13-/m1/s1. The number of carbonyl (C=O) groups is 2. The first-order valence-electron chi connectivity index (χ1n) is 7.34. The summed E-state index contributed by atoms with van der Waals surface area (Å²) in [7, 11) is 0. The van der Waals surface area contributed by atoms with Crippen LogP contribution in [0.1, 0.15) is 66.2 Å². The van der Waals surface area contributed by atoms with Crippen molar-refractivity contribution in [1.82, 2.24) is 5.32 Å². The van der Waals surface area contributed by atoms with E-state index in [4.69, 9.17) is 4.74 Å². The maximum Gasteiger partial charge on any atom is 0.408 e. The smallest absolute Gasteiger partial charge is 0.408 e. The molecule has 1 saturated carbocycles. The molecule has 0 radical (unpaired) electrons. The Balaban J connectivity index is 2.53. The van der Waals surface area contributed by atoms with Crippen LogP contribution in [0.25, 0.3) is 0 Å². The summed E-state index contributed by atoms with van der Waals surface area (Å²) in [4.78, 5) is 23.8. The molecule has 0 bridgehead atoms. The van der Waals surface area contributed by atoms with Crippen LogP contribution >= 0.6 is 0 Å². The minimum atomic E-state index is -0.478. The van der Waals surface area contributed by atoms with Crippen LogP contribution < -0.4 is 5.32 Å². The molecule has 0 spiro atoms. The quantitative estimate of drug-likeness (QED) is 0.850. The summed E-state index contributed by atoms with van der Waals surface area (Å²) in [5, 5.41) is 2.74. The van der Waals surface area contributed by atoms with Gasteiger partial charge in [-0.15, -0.1) is 0 Å². The van der Waals surface area contributed by atoms with Gasteiger partial charge in [-0.1, -0.05) is 34.1 Å². The second-order valence-corrected chi connectivity index (χ2v) is 6.43. The molecule has 4 nitrogen and oxygen atoms in total. The normalized spacial score (nSPS) is 18.7. The van der Waals surface area contributed by atoms with E-state index in [9.17, 15) is 9.59 Å². The Hall–Kier alpha value is -1.06. The van der Waals surface area contributed by atoms with E-state index in [-0.39, 0.29) is 17.3 Å². The van der Waals surface area contributed by atoms with Gasteiger partial charge < -0.3 is 10.1 Å². The first-order chi connectivity index (χ1) is 8.84. The number of hydrogen-bond acceptors (Lipinski definition) is 3. The van der Waals surface area contributed by atoms with Gasteiger partial charge in [0.15, 0.2) is 5.78 Å². The van der Waals surface area contributed by atoms with Crippen molar-refractivity contribution >= 4 is 11.9 Å². The molecule has 1 fully saturated rings. The van der Waals surface area contributed by atoms with Crippen LogP contribution in [-0.4, -0.2) is 24.0 Å². The Morgan fingerprint density at radius 1 is 1.21 bits per heavy atom. The van der Waals surface area contributed by atoms with Gasteiger partial charge in [-0.05, 0) is 31.1 Å². The topological polar surface area (TPSA) is 55.4 Å². The molecule has 0 aromatic rings.